The number of ether oxygens (including phenoxy) is 1. The number of H-pyrrole nitrogens is 1. The van der Waals surface area contributed by atoms with Crippen molar-refractivity contribution >= 4 is 29.0 Å². The molecule has 1 aromatic carbocycles. The number of nitrogens with one attached hydrogen (secondary N) is 1. The first kappa shape index (κ1) is 16.2. The van der Waals surface area contributed by atoms with Gasteiger partial charge in [0.2, 0.25) is 0 Å². The lowest BCUT2D eigenvalue weighted by molar-refractivity contribution is 0.0772. The van der Waals surface area contributed by atoms with E-state index in [0.29, 0.717) is 23.6 Å². The third kappa shape index (κ3) is 2.60. The van der Waals surface area contributed by atoms with Crippen LogP contribution in [0.4, 0.5) is 0 Å². The molecule has 2 aromatic rings. The van der Waals surface area contributed by atoms with E-state index in [-0.39, 0.29) is 28.4 Å². The number of hydrogen-bond donors (Lipinski definition) is 1. The molecule has 8 heteroatoms. The minimum atomic E-state index is -0.469. The Morgan fingerprint density at radius 2 is 2.13 bits per heavy atom. The number of ketones is 1. The minimum absolute atomic E-state index is 0.0420. The van der Waals surface area contributed by atoms with Crippen molar-refractivity contribution in [1.82, 2.24) is 20.6 Å². The van der Waals surface area contributed by atoms with Crippen molar-refractivity contribution in [3.63, 3.8) is 0 Å². The Labute approximate surface area is 143 Å². The van der Waals surface area contributed by atoms with Crippen molar-refractivity contribution in [3.8, 4) is 5.75 Å². The Kier molecular flexibility index (Phi) is 4.06. The Bertz CT molecular complexity index is 761. The predicted octanol–water partition coefficient (Wildman–Crippen LogP) is 3.49. The molecule has 0 fully saturated rings. The highest BCUT2D eigenvalue weighted by molar-refractivity contribution is 6.45. The summed E-state index contributed by atoms with van der Waals surface area (Å²) in [5.74, 6) is 1.13. The van der Waals surface area contributed by atoms with Gasteiger partial charge in [-0.15, -0.1) is 5.10 Å². The zero-order valence-corrected chi connectivity index (χ0v) is 14.5. The van der Waals surface area contributed by atoms with Crippen LogP contribution in [0.1, 0.15) is 42.5 Å². The van der Waals surface area contributed by atoms with Crippen molar-refractivity contribution in [2.75, 3.05) is 0 Å². The summed E-state index contributed by atoms with van der Waals surface area (Å²) in [5.41, 5.74) is 0.913. The van der Waals surface area contributed by atoms with Gasteiger partial charge in [0.1, 0.15) is 17.4 Å². The van der Waals surface area contributed by atoms with Crippen LogP contribution in [0.3, 0.4) is 0 Å². The highest BCUT2D eigenvalue weighted by Crippen LogP contribution is 2.48. The molecule has 1 aliphatic carbocycles. The number of carbonyl (C=O) groups excluding carboxylic acids is 1. The topological polar surface area (TPSA) is 80.8 Å². The molecule has 0 amide bonds. The van der Waals surface area contributed by atoms with Gasteiger partial charge < -0.3 is 4.74 Å². The molecular weight excluding hydrogens is 339 g/mol. The van der Waals surface area contributed by atoms with E-state index in [1.807, 2.05) is 20.8 Å². The van der Waals surface area contributed by atoms with Crippen LogP contribution in [0.5, 0.6) is 5.75 Å². The molecular formula is C15H16Cl2N4O2. The van der Waals surface area contributed by atoms with Crippen LogP contribution in [0.2, 0.25) is 10.0 Å². The van der Waals surface area contributed by atoms with Crippen LogP contribution in [0, 0.1) is 11.3 Å². The maximum atomic E-state index is 12.8. The first-order chi connectivity index (χ1) is 10.8. The van der Waals surface area contributed by atoms with Crippen LogP contribution in [-0.4, -0.2) is 26.4 Å². The number of Topliss-reactive ketones (excluding diaryl/α,β-unsaturated/α-hetero) is 1. The Balaban J connectivity index is 1.95. The van der Waals surface area contributed by atoms with Gasteiger partial charge in [-0.25, -0.2) is 5.10 Å². The molecule has 23 heavy (non-hydrogen) atoms. The summed E-state index contributed by atoms with van der Waals surface area (Å²) in [6, 6.07) is 1.79. The number of aromatic nitrogens is 4. The molecule has 0 saturated carbocycles. The number of aromatic amines is 1. The molecule has 3 rings (SSSR count). The van der Waals surface area contributed by atoms with E-state index in [2.05, 4.69) is 20.6 Å². The molecule has 0 saturated heterocycles. The van der Waals surface area contributed by atoms with E-state index >= 15 is 0 Å². The zero-order valence-electron chi connectivity index (χ0n) is 13.0. The van der Waals surface area contributed by atoms with Crippen molar-refractivity contribution in [3.05, 3.63) is 33.1 Å². The summed E-state index contributed by atoms with van der Waals surface area (Å²) in [7, 11) is 0. The number of hydrogen-bond acceptors (Lipinski definition) is 5. The lowest BCUT2D eigenvalue weighted by Gasteiger charge is -2.26. The summed E-state index contributed by atoms with van der Waals surface area (Å²) in [5, 5.41) is 13.8. The molecule has 1 heterocycles. The van der Waals surface area contributed by atoms with Gasteiger partial charge in [-0.1, -0.05) is 44.0 Å². The summed E-state index contributed by atoms with van der Waals surface area (Å²) in [6.07, 6.45) is 0.621. The van der Waals surface area contributed by atoms with Gasteiger partial charge >= 0.3 is 0 Å². The number of halogens is 2. The van der Waals surface area contributed by atoms with E-state index in [1.54, 1.807) is 6.07 Å². The lowest BCUT2D eigenvalue weighted by atomic mass is 9.76. The maximum absolute atomic E-state index is 12.8. The fourth-order valence-electron chi connectivity index (χ4n) is 2.76. The number of fused-ring (bicyclic) bond motifs is 1. The summed E-state index contributed by atoms with van der Waals surface area (Å²) in [4.78, 5) is 12.8. The van der Waals surface area contributed by atoms with E-state index < -0.39 is 5.41 Å². The lowest BCUT2D eigenvalue weighted by Crippen LogP contribution is -2.30. The van der Waals surface area contributed by atoms with Crippen molar-refractivity contribution in [2.24, 2.45) is 11.3 Å². The third-order valence-corrected chi connectivity index (χ3v) is 5.44. The first-order valence-electron chi connectivity index (χ1n) is 7.25. The molecule has 1 aliphatic rings. The summed E-state index contributed by atoms with van der Waals surface area (Å²) < 4.78 is 5.65. The molecule has 0 spiro atoms. The van der Waals surface area contributed by atoms with Crippen molar-refractivity contribution in [2.45, 2.75) is 33.8 Å². The van der Waals surface area contributed by atoms with Crippen LogP contribution in [0.25, 0.3) is 0 Å². The van der Waals surface area contributed by atoms with Gasteiger partial charge in [-0.2, -0.15) is 0 Å². The predicted molar refractivity (Wildman–Crippen MR) is 86.0 cm³/mol. The normalized spacial score (nSPS) is 20.2. The molecule has 0 bridgehead atoms. The molecule has 0 aliphatic heterocycles. The average molecular weight is 355 g/mol. The standard InChI is InChI=1S/C15H16Cl2N4O2/c1-7(2)15(3)5-8-4-9(23-6-10-18-20-21-19-10)12(16)13(17)11(8)14(15)22/h4,7H,5-6H2,1-3H3,(H,18,19,20,21). The summed E-state index contributed by atoms with van der Waals surface area (Å²) >= 11 is 12.6. The molecule has 0 radical (unpaired) electrons. The van der Waals surface area contributed by atoms with Gasteiger partial charge in [0.05, 0.1) is 5.02 Å². The number of benzene rings is 1. The Hall–Kier alpha value is -1.66. The van der Waals surface area contributed by atoms with Gasteiger partial charge in [0.15, 0.2) is 11.6 Å². The molecule has 1 atom stereocenters. The summed E-state index contributed by atoms with van der Waals surface area (Å²) in [6.45, 7) is 6.17. The number of rotatable bonds is 4. The van der Waals surface area contributed by atoms with Gasteiger partial charge in [-0.05, 0) is 34.4 Å². The van der Waals surface area contributed by atoms with Crippen molar-refractivity contribution < 1.29 is 9.53 Å². The highest BCUT2D eigenvalue weighted by Gasteiger charge is 2.45. The van der Waals surface area contributed by atoms with Crippen LogP contribution >= 0.6 is 23.2 Å². The second-order valence-electron chi connectivity index (χ2n) is 6.25. The first-order valence-corrected chi connectivity index (χ1v) is 8.01. The largest absolute Gasteiger partial charge is 0.484 e. The second kappa shape index (κ2) is 5.76. The average Bonchev–Trinajstić information content (AvgIpc) is 3.10. The second-order valence-corrected chi connectivity index (χ2v) is 7.01. The molecule has 1 aromatic heterocycles. The third-order valence-electron chi connectivity index (χ3n) is 4.59. The Morgan fingerprint density at radius 3 is 2.74 bits per heavy atom. The number of nitrogens with zero attached hydrogens (tertiary/aromatic N) is 3. The van der Waals surface area contributed by atoms with Gasteiger partial charge in [0, 0.05) is 11.0 Å². The zero-order chi connectivity index (χ0) is 16.8. The Morgan fingerprint density at radius 1 is 1.39 bits per heavy atom. The van der Waals surface area contributed by atoms with Gasteiger partial charge in [0.25, 0.3) is 0 Å². The van der Waals surface area contributed by atoms with Crippen LogP contribution < -0.4 is 4.74 Å². The molecule has 6 nitrogen and oxygen atoms in total. The van der Waals surface area contributed by atoms with E-state index in [4.69, 9.17) is 27.9 Å². The highest BCUT2D eigenvalue weighted by atomic mass is 35.5. The number of carbonyl (C=O) groups is 1. The van der Waals surface area contributed by atoms with E-state index in [1.165, 1.54) is 0 Å². The maximum Gasteiger partial charge on any atom is 0.186 e. The monoisotopic (exact) mass is 354 g/mol. The minimum Gasteiger partial charge on any atom is -0.484 e. The fraction of sp³-hybridized carbons (Fsp3) is 0.467. The quantitative estimate of drug-likeness (QED) is 0.908. The van der Waals surface area contributed by atoms with E-state index in [9.17, 15) is 4.79 Å². The van der Waals surface area contributed by atoms with E-state index in [0.717, 1.165) is 5.56 Å². The molecule has 1 unspecified atom stereocenters. The van der Waals surface area contributed by atoms with Crippen LogP contribution in [-0.2, 0) is 13.0 Å². The molecule has 1 N–H and O–H groups in total. The SMILES string of the molecule is CC(C)C1(C)Cc2cc(OCc3nnn[nH]3)c(Cl)c(Cl)c2C1=O. The number of tetrazole rings is 1. The fourth-order valence-corrected chi connectivity index (χ4v) is 3.26. The molecule has 122 valence electrons. The van der Waals surface area contributed by atoms with Crippen LogP contribution in [0.15, 0.2) is 6.07 Å². The van der Waals surface area contributed by atoms with Crippen molar-refractivity contribution in [1.29, 1.82) is 0 Å². The van der Waals surface area contributed by atoms with Gasteiger partial charge in [-0.3, -0.25) is 4.79 Å². The smallest absolute Gasteiger partial charge is 0.186 e.